The Balaban J connectivity index is 1.84. The van der Waals surface area contributed by atoms with E-state index in [1.165, 1.54) is 30.2 Å². The molecule has 0 fully saturated rings. The molecular formula is C20H18N4O5. The summed E-state index contributed by atoms with van der Waals surface area (Å²) in [5.41, 5.74) is 0.637. The number of nitrogens with zero attached hydrogens (tertiary/aromatic N) is 4. The van der Waals surface area contributed by atoms with Gasteiger partial charge in [-0.1, -0.05) is 41.6 Å². The lowest BCUT2D eigenvalue weighted by Crippen LogP contribution is -2.30. The highest BCUT2D eigenvalue weighted by molar-refractivity contribution is 5.95. The lowest BCUT2D eigenvalue weighted by atomic mass is 10.1. The van der Waals surface area contributed by atoms with Crippen LogP contribution in [0.15, 0.2) is 65.7 Å². The zero-order valence-corrected chi connectivity index (χ0v) is 15.6. The van der Waals surface area contributed by atoms with Gasteiger partial charge in [-0.3, -0.25) is 14.9 Å². The number of carbonyl (C=O) groups is 1. The molecule has 148 valence electrons. The number of nitro benzene ring substituents is 1. The van der Waals surface area contributed by atoms with Gasteiger partial charge in [0.2, 0.25) is 11.7 Å². The quantitative estimate of drug-likeness (QED) is 0.327. The summed E-state index contributed by atoms with van der Waals surface area (Å²) in [5.74, 6) is 0.287. The normalized spacial score (nSPS) is 10.4. The van der Waals surface area contributed by atoms with Crippen molar-refractivity contribution < 1.29 is 19.0 Å². The molecule has 0 aliphatic rings. The van der Waals surface area contributed by atoms with Crippen molar-refractivity contribution in [3.05, 3.63) is 82.8 Å². The van der Waals surface area contributed by atoms with Crippen molar-refractivity contribution in [1.29, 1.82) is 0 Å². The summed E-state index contributed by atoms with van der Waals surface area (Å²) < 4.78 is 10.2. The monoisotopic (exact) mass is 394 g/mol. The summed E-state index contributed by atoms with van der Waals surface area (Å²) in [5, 5.41) is 15.2. The van der Waals surface area contributed by atoms with Gasteiger partial charge in [0.05, 0.1) is 12.0 Å². The molecule has 0 bridgehead atoms. The standard InChI is InChI=1S/C20H18N4O5/c1-3-11-23(13-18-21-19(22-29-18)14-7-5-4-6-8-14)20(25)15-9-10-17(28-2)16(12-15)24(26)27/h3-10,12H,1,11,13H2,2H3. The summed E-state index contributed by atoms with van der Waals surface area (Å²) in [7, 11) is 1.33. The Bertz CT molecular complexity index is 1030. The number of rotatable bonds is 8. The van der Waals surface area contributed by atoms with E-state index in [4.69, 9.17) is 9.26 Å². The van der Waals surface area contributed by atoms with Gasteiger partial charge in [0.1, 0.15) is 6.54 Å². The third-order valence-electron chi connectivity index (χ3n) is 4.09. The molecule has 9 heteroatoms. The van der Waals surface area contributed by atoms with Gasteiger partial charge >= 0.3 is 5.69 Å². The molecule has 0 atom stereocenters. The van der Waals surface area contributed by atoms with Crippen molar-refractivity contribution in [3.63, 3.8) is 0 Å². The Morgan fingerprint density at radius 1 is 1.31 bits per heavy atom. The van der Waals surface area contributed by atoms with Crippen LogP contribution in [0.4, 0.5) is 5.69 Å². The molecule has 1 amide bonds. The topological polar surface area (TPSA) is 112 Å². The number of benzene rings is 2. The first-order valence-corrected chi connectivity index (χ1v) is 8.64. The minimum Gasteiger partial charge on any atom is -0.490 e. The molecule has 0 saturated carbocycles. The number of carbonyl (C=O) groups excluding carboxylic acids is 1. The predicted molar refractivity (Wildman–Crippen MR) is 104 cm³/mol. The second kappa shape index (κ2) is 8.79. The van der Waals surface area contributed by atoms with E-state index < -0.39 is 10.8 Å². The van der Waals surface area contributed by atoms with E-state index in [-0.39, 0.29) is 36.0 Å². The second-order valence-electron chi connectivity index (χ2n) is 6.00. The molecule has 0 aliphatic heterocycles. The third kappa shape index (κ3) is 4.46. The number of nitro groups is 1. The number of hydrogen-bond donors (Lipinski definition) is 0. The highest BCUT2D eigenvalue weighted by Gasteiger charge is 2.23. The van der Waals surface area contributed by atoms with E-state index in [1.807, 2.05) is 30.3 Å². The van der Waals surface area contributed by atoms with Crippen molar-refractivity contribution in [1.82, 2.24) is 15.0 Å². The first-order valence-electron chi connectivity index (χ1n) is 8.64. The molecule has 29 heavy (non-hydrogen) atoms. The zero-order valence-electron chi connectivity index (χ0n) is 15.6. The molecule has 0 N–H and O–H groups in total. The maximum absolute atomic E-state index is 12.9. The Morgan fingerprint density at radius 3 is 2.72 bits per heavy atom. The van der Waals surface area contributed by atoms with Gasteiger partial charge in [-0.15, -0.1) is 6.58 Å². The van der Waals surface area contributed by atoms with E-state index in [9.17, 15) is 14.9 Å². The summed E-state index contributed by atoms with van der Waals surface area (Å²) in [4.78, 5) is 29.3. The van der Waals surface area contributed by atoms with E-state index in [0.29, 0.717) is 5.82 Å². The summed E-state index contributed by atoms with van der Waals surface area (Å²) in [6.45, 7) is 3.88. The largest absolute Gasteiger partial charge is 0.490 e. The molecule has 0 radical (unpaired) electrons. The van der Waals surface area contributed by atoms with Crippen LogP contribution >= 0.6 is 0 Å². The average Bonchev–Trinajstić information content (AvgIpc) is 3.21. The SMILES string of the molecule is C=CCN(Cc1nc(-c2ccccc2)no1)C(=O)c1ccc(OC)c([N+](=O)[O-])c1. The lowest BCUT2D eigenvalue weighted by molar-refractivity contribution is -0.385. The van der Waals surface area contributed by atoms with Crippen molar-refractivity contribution in [2.24, 2.45) is 0 Å². The van der Waals surface area contributed by atoms with Crippen molar-refractivity contribution in [3.8, 4) is 17.1 Å². The van der Waals surface area contributed by atoms with Crippen LogP contribution in [0.5, 0.6) is 5.75 Å². The van der Waals surface area contributed by atoms with Gasteiger partial charge in [0.15, 0.2) is 5.75 Å². The fraction of sp³-hybridized carbons (Fsp3) is 0.150. The Morgan fingerprint density at radius 2 is 2.07 bits per heavy atom. The first-order chi connectivity index (χ1) is 14.0. The molecular weight excluding hydrogens is 376 g/mol. The molecule has 9 nitrogen and oxygen atoms in total. The number of amides is 1. The zero-order chi connectivity index (χ0) is 20.8. The van der Waals surface area contributed by atoms with Crippen molar-refractivity contribution in [2.75, 3.05) is 13.7 Å². The van der Waals surface area contributed by atoms with E-state index in [2.05, 4.69) is 16.7 Å². The van der Waals surface area contributed by atoms with Crippen LogP contribution in [-0.2, 0) is 6.54 Å². The fourth-order valence-corrected chi connectivity index (χ4v) is 2.71. The second-order valence-corrected chi connectivity index (χ2v) is 6.00. The van der Waals surface area contributed by atoms with E-state index >= 15 is 0 Å². The molecule has 2 aromatic carbocycles. The maximum atomic E-state index is 12.9. The van der Waals surface area contributed by atoms with Crippen LogP contribution in [0.3, 0.4) is 0 Å². The lowest BCUT2D eigenvalue weighted by Gasteiger charge is -2.19. The summed E-state index contributed by atoms with van der Waals surface area (Å²) in [6.07, 6.45) is 1.55. The number of aromatic nitrogens is 2. The first kappa shape index (κ1) is 19.7. The highest BCUT2D eigenvalue weighted by atomic mass is 16.6. The van der Waals surface area contributed by atoms with Gasteiger partial charge in [0.25, 0.3) is 5.91 Å². The molecule has 1 heterocycles. The number of hydrogen-bond acceptors (Lipinski definition) is 7. The molecule has 1 aromatic heterocycles. The third-order valence-corrected chi connectivity index (χ3v) is 4.09. The van der Waals surface area contributed by atoms with Crippen LogP contribution in [0, 0.1) is 10.1 Å². The fourth-order valence-electron chi connectivity index (χ4n) is 2.71. The van der Waals surface area contributed by atoms with E-state index in [0.717, 1.165) is 5.56 Å². The molecule has 3 rings (SSSR count). The Labute approximate surface area is 166 Å². The van der Waals surface area contributed by atoms with Gasteiger partial charge in [-0.2, -0.15) is 4.98 Å². The molecule has 0 saturated heterocycles. The molecule has 3 aromatic rings. The summed E-state index contributed by atoms with van der Waals surface area (Å²) in [6, 6.07) is 13.3. The predicted octanol–water partition coefficient (Wildman–Crippen LogP) is 3.48. The van der Waals surface area contributed by atoms with Gasteiger partial charge in [-0.05, 0) is 12.1 Å². The van der Waals surface area contributed by atoms with Crippen molar-refractivity contribution >= 4 is 11.6 Å². The van der Waals surface area contributed by atoms with Crippen LogP contribution < -0.4 is 4.74 Å². The Kier molecular flexibility index (Phi) is 5.98. The van der Waals surface area contributed by atoms with Crippen LogP contribution in [0.25, 0.3) is 11.4 Å². The average molecular weight is 394 g/mol. The van der Waals surface area contributed by atoms with Crippen molar-refractivity contribution in [2.45, 2.75) is 6.54 Å². The van der Waals surface area contributed by atoms with E-state index in [1.54, 1.807) is 6.08 Å². The Hall–Kier alpha value is -4.01. The molecule has 0 aliphatic carbocycles. The molecule has 0 unspecified atom stereocenters. The van der Waals surface area contributed by atoms with Crippen LogP contribution in [0.1, 0.15) is 16.2 Å². The van der Waals surface area contributed by atoms with Crippen LogP contribution in [-0.4, -0.2) is 39.5 Å². The summed E-state index contributed by atoms with van der Waals surface area (Å²) >= 11 is 0. The van der Waals surface area contributed by atoms with Crippen LogP contribution in [0.2, 0.25) is 0 Å². The molecule has 0 spiro atoms. The van der Waals surface area contributed by atoms with Gasteiger partial charge < -0.3 is 14.2 Å². The minimum absolute atomic E-state index is 0.0323. The number of methoxy groups -OCH3 is 1. The highest BCUT2D eigenvalue weighted by Crippen LogP contribution is 2.28. The van der Waals surface area contributed by atoms with Gasteiger partial charge in [-0.25, -0.2) is 0 Å². The smallest absolute Gasteiger partial charge is 0.311 e. The number of ether oxygens (including phenoxy) is 1. The van der Waals surface area contributed by atoms with Gasteiger partial charge in [0, 0.05) is 23.7 Å². The minimum atomic E-state index is -0.600. The maximum Gasteiger partial charge on any atom is 0.311 e.